The maximum atomic E-state index is 12.7. The Bertz CT molecular complexity index is 804. The zero-order chi connectivity index (χ0) is 18.7. The Kier molecular flexibility index (Phi) is 5.71. The summed E-state index contributed by atoms with van der Waals surface area (Å²) in [4.78, 5) is 12.7. The lowest BCUT2D eigenvalue weighted by Gasteiger charge is -2.18. The summed E-state index contributed by atoms with van der Waals surface area (Å²) in [6.45, 7) is 7.40. The van der Waals surface area contributed by atoms with Crippen molar-refractivity contribution in [2.75, 3.05) is 13.2 Å². The Balaban J connectivity index is 1.72. The summed E-state index contributed by atoms with van der Waals surface area (Å²) in [6, 6.07) is 5.32. The fourth-order valence-corrected chi connectivity index (χ4v) is 3.41. The molecule has 1 aromatic carbocycles. The number of halogens is 1. The van der Waals surface area contributed by atoms with Crippen LogP contribution in [0, 0.1) is 13.8 Å². The second kappa shape index (κ2) is 7.99. The molecule has 1 aromatic heterocycles. The van der Waals surface area contributed by atoms with Gasteiger partial charge in [0.25, 0.3) is 0 Å². The lowest BCUT2D eigenvalue weighted by Crippen LogP contribution is -2.33. The summed E-state index contributed by atoms with van der Waals surface area (Å²) >= 11 is 6.31. The van der Waals surface area contributed by atoms with Crippen molar-refractivity contribution in [2.24, 2.45) is 0 Å². The fraction of sp³-hybridized carbons (Fsp3) is 0.474. The monoisotopic (exact) mass is 377 g/mol. The highest BCUT2D eigenvalue weighted by Gasteiger charge is 2.21. The van der Waals surface area contributed by atoms with Crippen molar-refractivity contribution in [3.05, 3.63) is 40.2 Å². The highest BCUT2D eigenvalue weighted by molar-refractivity contribution is 6.32. The van der Waals surface area contributed by atoms with Gasteiger partial charge in [-0.2, -0.15) is 5.10 Å². The number of fused-ring (bicyclic) bond motifs is 1. The van der Waals surface area contributed by atoms with Gasteiger partial charge in [-0.15, -0.1) is 0 Å². The summed E-state index contributed by atoms with van der Waals surface area (Å²) in [5, 5.41) is 7.92. The molecule has 1 aliphatic rings. The molecule has 2 heterocycles. The Labute approximate surface area is 158 Å². The van der Waals surface area contributed by atoms with E-state index >= 15 is 0 Å². The van der Waals surface area contributed by atoms with Crippen molar-refractivity contribution < 1.29 is 14.3 Å². The lowest BCUT2D eigenvalue weighted by molar-refractivity contribution is -0.124. The van der Waals surface area contributed by atoms with Crippen molar-refractivity contribution in [3.63, 3.8) is 0 Å². The van der Waals surface area contributed by atoms with Crippen molar-refractivity contribution in [1.82, 2.24) is 15.1 Å². The maximum Gasteiger partial charge on any atom is 0.245 e. The number of rotatable bonds is 5. The molecule has 140 valence electrons. The van der Waals surface area contributed by atoms with Gasteiger partial charge in [0.2, 0.25) is 5.91 Å². The standard InChI is InChI=1S/C19H24ClN3O3/c1-4-16(23-13(3)8-12(2)22-23)19(24)21-11-14-9-15(20)18-17(10-14)25-6-5-7-26-18/h8-10,16H,4-7,11H2,1-3H3,(H,21,24)/t16-/m0/s1. The number of amides is 1. The Morgan fingerprint density at radius 3 is 2.77 bits per heavy atom. The minimum Gasteiger partial charge on any atom is -0.489 e. The molecule has 7 heteroatoms. The topological polar surface area (TPSA) is 65.4 Å². The van der Waals surface area contributed by atoms with Crippen LogP contribution >= 0.6 is 11.6 Å². The van der Waals surface area contributed by atoms with Gasteiger partial charge in [0.15, 0.2) is 11.5 Å². The van der Waals surface area contributed by atoms with Crippen LogP contribution in [0.5, 0.6) is 11.5 Å². The van der Waals surface area contributed by atoms with Crippen LogP contribution in [-0.4, -0.2) is 28.9 Å². The molecule has 2 aromatic rings. The number of hydrogen-bond acceptors (Lipinski definition) is 4. The molecule has 0 aliphatic carbocycles. The number of nitrogens with zero attached hydrogens (tertiary/aromatic N) is 2. The van der Waals surface area contributed by atoms with Crippen LogP contribution in [0.1, 0.15) is 42.8 Å². The average Bonchev–Trinajstić information content (AvgIpc) is 2.80. The Morgan fingerprint density at radius 1 is 1.31 bits per heavy atom. The van der Waals surface area contributed by atoms with Crippen LogP contribution in [0.15, 0.2) is 18.2 Å². The zero-order valence-electron chi connectivity index (χ0n) is 15.3. The molecule has 1 atom stereocenters. The molecule has 3 rings (SSSR count). The van der Waals surface area contributed by atoms with Crippen LogP contribution in [0.4, 0.5) is 0 Å². The maximum absolute atomic E-state index is 12.7. The van der Waals surface area contributed by atoms with Gasteiger partial charge in [0, 0.05) is 18.7 Å². The molecular weight excluding hydrogens is 354 g/mol. The number of nitrogens with one attached hydrogen (secondary N) is 1. The van der Waals surface area contributed by atoms with Crippen molar-refractivity contribution in [3.8, 4) is 11.5 Å². The third-order valence-electron chi connectivity index (χ3n) is 4.36. The molecule has 6 nitrogen and oxygen atoms in total. The first kappa shape index (κ1) is 18.6. The minimum atomic E-state index is -0.334. The fourth-order valence-electron chi connectivity index (χ4n) is 3.12. The van der Waals surface area contributed by atoms with Crippen LogP contribution in [0.3, 0.4) is 0 Å². The lowest BCUT2D eigenvalue weighted by atomic mass is 10.1. The highest BCUT2D eigenvalue weighted by atomic mass is 35.5. The summed E-state index contributed by atoms with van der Waals surface area (Å²) in [5.41, 5.74) is 2.75. The summed E-state index contributed by atoms with van der Waals surface area (Å²) < 4.78 is 13.1. The molecule has 0 fully saturated rings. The Morgan fingerprint density at radius 2 is 2.08 bits per heavy atom. The number of carbonyl (C=O) groups is 1. The Hall–Kier alpha value is -2.21. The minimum absolute atomic E-state index is 0.0677. The van der Waals surface area contributed by atoms with Crippen LogP contribution in [-0.2, 0) is 11.3 Å². The largest absolute Gasteiger partial charge is 0.489 e. The molecule has 1 N–H and O–H groups in total. The molecule has 0 radical (unpaired) electrons. The first-order valence-corrected chi connectivity index (χ1v) is 9.26. The predicted octanol–water partition coefficient (Wildman–Crippen LogP) is 3.58. The van der Waals surface area contributed by atoms with Gasteiger partial charge in [-0.1, -0.05) is 18.5 Å². The molecule has 0 unspecified atom stereocenters. The highest BCUT2D eigenvalue weighted by Crippen LogP contribution is 2.38. The number of benzene rings is 1. The van der Waals surface area contributed by atoms with Gasteiger partial charge in [-0.3, -0.25) is 9.48 Å². The van der Waals surface area contributed by atoms with E-state index in [0.29, 0.717) is 42.7 Å². The summed E-state index contributed by atoms with van der Waals surface area (Å²) in [5.74, 6) is 1.14. The van der Waals surface area contributed by atoms with E-state index < -0.39 is 0 Å². The van der Waals surface area contributed by atoms with E-state index in [1.165, 1.54) is 0 Å². The third-order valence-corrected chi connectivity index (χ3v) is 4.64. The number of carbonyl (C=O) groups excluding carboxylic acids is 1. The van der Waals surface area contributed by atoms with Gasteiger partial charge in [0.1, 0.15) is 6.04 Å². The third kappa shape index (κ3) is 3.96. The smallest absolute Gasteiger partial charge is 0.245 e. The molecule has 1 aliphatic heterocycles. The van der Waals surface area contributed by atoms with Gasteiger partial charge in [-0.05, 0) is 44.0 Å². The second-order valence-electron chi connectivity index (χ2n) is 6.47. The van der Waals surface area contributed by atoms with E-state index in [1.54, 1.807) is 10.7 Å². The van der Waals surface area contributed by atoms with E-state index in [4.69, 9.17) is 21.1 Å². The van der Waals surface area contributed by atoms with E-state index in [2.05, 4.69) is 10.4 Å². The normalized spacial score (nSPS) is 14.6. The van der Waals surface area contributed by atoms with Gasteiger partial charge < -0.3 is 14.8 Å². The quantitative estimate of drug-likeness (QED) is 0.864. The number of hydrogen-bond donors (Lipinski definition) is 1. The SMILES string of the molecule is CC[C@@H](C(=O)NCc1cc(Cl)c2c(c1)OCCCO2)n1nc(C)cc1C. The molecule has 0 bridgehead atoms. The summed E-state index contributed by atoms with van der Waals surface area (Å²) in [7, 11) is 0. The van der Waals surface area contributed by atoms with Crippen LogP contribution in [0.25, 0.3) is 0 Å². The van der Waals surface area contributed by atoms with Crippen molar-refractivity contribution >= 4 is 17.5 Å². The van der Waals surface area contributed by atoms with E-state index in [0.717, 1.165) is 23.4 Å². The number of aryl methyl sites for hydroxylation is 2. The predicted molar refractivity (Wildman–Crippen MR) is 99.9 cm³/mol. The number of ether oxygens (including phenoxy) is 2. The summed E-state index contributed by atoms with van der Waals surface area (Å²) in [6.07, 6.45) is 1.48. The van der Waals surface area contributed by atoms with Crippen LogP contribution < -0.4 is 14.8 Å². The molecule has 0 saturated heterocycles. The van der Waals surface area contributed by atoms with Gasteiger partial charge in [0.05, 0.1) is 23.9 Å². The van der Waals surface area contributed by atoms with E-state index in [9.17, 15) is 4.79 Å². The van der Waals surface area contributed by atoms with Crippen LogP contribution in [0.2, 0.25) is 5.02 Å². The van der Waals surface area contributed by atoms with Gasteiger partial charge in [-0.25, -0.2) is 0 Å². The van der Waals surface area contributed by atoms with Crippen molar-refractivity contribution in [2.45, 2.75) is 46.2 Å². The first-order chi connectivity index (χ1) is 12.5. The molecule has 26 heavy (non-hydrogen) atoms. The van der Waals surface area contributed by atoms with Crippen molar-refractivity contribution in [1.29, 1.82) is 0 Å². The number of aromatic nitrogens is 2. The molecule has 0 spiro atoms. The molecule has 0 saturated carbocycles. The molecular formula is C19H24ClN3O3. The van der Waals surface area contributed by atoms with E-state index in [-0.39, 0.29) is 11.9 Å². The average molecular weight is 378 g/mol. The van der Waals surface area contributed by atoms with E-state index in [1.807, 2.05) is 32.9 Å². The molecule has 1 amide bonds. The van der Waals surface area contributed by atoms with Gasteiger partial charge >= 0.3 is 0 Å². The second-order valence-corrected chi connectivity index (χ2v) is 6.88. The zero-order valence-corrected chi connectivity index (χ0v) is 16.1. The first-order valence-electron chi connectivity index (χ1n) is 8.88.